The first-order chi connectivity index (χ1) is 15.7. The van der Waals surface area contributed by atoms with Crippen molar-refractivity contribution in [2.24, 2.45) is 0 Å². The first-order valence-electron chi connectivity index (χ1n) is 10.1. The van der Waals surface area contributed by atoms with Crippen molar-refractivity contribution < 1.29 is 14.3 Å². The van der Waals surface area contributed by atoms with E-state index in [9.17, 15) is 4.79 Å². The van der Waals surface area contributed by atoms with Crippen molar-refractivity contribution in [2.75, 3.05) is 13.2 Å². The molecular formula is C24H19ClN4O3. The van der Waals surface area contributed by atoms with Crippen LogP contribution in [0.15, 0.2) is 73.2 Å². The van der Waals surface area contributed by atoms with E-state index in [1.54, 1.807) is 29.3 Å². The standard InChI is InChI=1S/C24H19ClN4O3/c25-20-11-16(12-21-23(20)32-10-9-31-21)13-27-24(30)19-15-29(18-6-2-1-3-7-18)28-22(19)17-5-4-8-26-14-17/h1-8,11-12,14-15H,9-10,13H2,(H,27,30). The van der Waals surface area contributed by atoms with Crippen molar-refractivity contribution in [3.63, 3.8) is 0 Å². The van der Waals surface area contributed by atoms with Crippen LogP contribution >= 0.6 is 11.6 Å². The van der Waals surface area contributed by atoms with Gasteiger partial charge in [-0.3, -0.25) is 9.78 Å². The molecule has 7 nitrogen and oxygen atoms in total. The number of halogens is 1. The Kier molecular flexibility index (Phi) is 5.47. The van der Waals surface area contributed by atoms with Crippen molar-refractivity contribution >= 4 is 17.5 Å². The maximum Gasteiger partial charge on any atom is 0.255 e. The van der Waals surface area contributed by atoms with Gasteiger partial charge >= 0.3 is 0 Å². The molecule has 160 valence electrons. The van der Waals surface area contributed by atoms with Gasteiger partial charge in [0.15, 0.2) is 11.5 Å². The Labute approximate surface area is 189 Å². The molecule has 0 atom stereocenters. The average Bonchev–Trinajstić information content (AvgIpc) is 3.29. The van der Waals surface area contributed by atoms with Gasteiger partial charge in [-0.2, -0.15) is 5.10 Å². The van der Waals surface area contributed by atoms with E-state index < -0.39 is 0 Å². The van der Waals surface area contributed by atoms with Crippen molar-refractivity contribution in [3.8, 4) is 28.4 Å². The van der Waals surface area contributed by atoms with E-state index in [2.05, 4.69) is 15.4 Å². The van der Waals surface area contributed by atoms with Crippen molar-refractivity contribution in [3.05, 3.63) is 89.3 Å². The maximum atomic E-state index is 13.2. The Balaban J connectivity index is 1.43. The van der Waals surface area contributed by atoms with Crippen LogP contribution in [0.1, 0.15) is 15.9 Å². The molecular weight excluding hydrogens is 428 g/mol. The zero-order valence-corrected chi connectivity index (χ0v) is 17.7. The summed E-state index contributed by atoms with van der Waals surface area (Å²) >= 11 is 6.32. The van der Waals surface area contributed by atoms with Crippen LogP contribution in [0.2, 0.25) is 5.02 Å². The first-order valence-corrected chi connectivity index (χ1v) is 10.5. The summed E-state index contributed by atoms with van der Waals surface area (Å²) < 4.78 is 12.9. The van der Waals surface area contributed by atoms with Gasteiger partial charge in [0.25, 0.3) is 5.91 Å². The highest BCUT2D eigenvalue weighted by molar-refractivity contribution is 6.32. The second-order valence-corrected chi connectivity index (χ2v) is 7.60. The van der Waals surface area contributed by atoms with Crippen LogP contribution in [0, 0.1) is 0 Å². The SMILES string of the molecule is O=C(NCc1cc(Cl)c2c(c1)OCCO2)c1cn(-c2ccccc2)nc1-c1cccnc1. The van der Waals surface area contributed by atoms with E-state index in [0.717, 1.165) is 16.8 Å². The fraction of sp³-hybridized carbons (Fsp3) is 0.125. The molecule has 0 fully saturated rings. The van der Waals surface area contributed by atoms with Crippen LogP contribution in [0.25, 0.3) is 16.9 Å². The van der Waals surface area contributed by atoms with Gasteiger partial charge in [0.2, 0.25) is 0 Å². The zero-order chi connectivity index (χ0) is 21.9. The summed E-state index contributed by atoms with van der Waals surface area (Å²) in [6.07, 6.45) is 5.10. The smallest absolute Gasteiger partial charge is 0.255 e. The van der Waals surface area contributed by atoms with E-state index in [0.29, 0.717) is 41.0 Å². The molecule has 0 bridgehead atoms. The molecule has 8 heteroatoms. The molecule has 5 rings (SSSR count). The highest BCUT2D eigenvalue weighted by Gasteiger charge is 2.20. The fourth-order valence-corrected chi connectivity index (χ4v) is 3.80. The van der Waals surface area contributed by atoms with Crippen molar-refractivity contribution in [1.82, 2.24) is 20.1 Å². The topological polar surface area (TPSA) is 78.3 Å². The number of nitrogens with one attached hydrogen (secondary N) is 1. The fourth-order valence-electron chi connectivity index (χ4n) is 3.51. The molecule has 0 unspecified atom stereocenters. The van der Waals surface area contributed by atoms with Crippen LogP contribution in [-0.4, -0.2) is 33.9 Å². The van der Waals surface area contributed by atoms with Crippen LogP contribution in [0.4, 0.5) is 0 Å². The Morgan fingerprint density at radius 3 is 2.75 bits per heavy atom. The molecule has 0 aliphatic carbocycles. The van der Waals surface area contributed by atoms with Crippen LogP contribution in [0.3, 0.4) is 0 Å². The van der Waals surface area contributed by atoms with Gasteiger partial charge in [-0.15, -0.1) is 0 Å². The molecule has 2 aromatic heterocycles. The second-order valence-electron chi connectivity index (χ2n) is 7.20. The summed E-state index contributed by atoms with van der Waals surface area (Å²) in [5.74, 6) is 0.869. The normalized spacial score (nSPS) is 12.4. The van der Waals surface area contributed by atoms with E-state index in [1.807, 2.05) is 48.5 Å². The Morgan fingerprint density at radius 2 is 1.94 bits per heavy atom. The molecule has 1 aliphatic rings. The Bertz CT molecular complexity index is 1260. The third kappa shape index (κ3) is 4.02. The number of benzene rings is 2. The number of hydrogen-bond acceptors (Lipinski definition) is 5. The molecule has 1 N–H and O–H groups in total. The lowest BCUT2D eigenvalue weighted by atomic mass is 10.1. The Morgan fingerprint density at radius 1 is 1.09 bits per heavy atom. The molecule has 0 saturated heterocycles. The lowest BCUT2D eigenvalue weighted by Crippen LogP contribution is -2.23. The van der Waals surface area contributed by atoms with Gasteiger partial charge in [0, 0.05) is 30.7 Å². The summed E-state index contributed by atoms with van der Waals surface area (Å²) in [5.41, 5.74) is 3.43. The summed E-state index contributed by atoms with van der Waals surface area (Å²) in [5, 5.41) is 8.07. The molecule has 4 aromatic rings. The van der Waals surface area contributed by atoms with Crippen LogP contribution < -0.4 is 14.8 Å². The molecule has 0 spiro atoms. The lowest BCUT2D eigenvalue weighted by molar-refractivity contribution is 0.0951. The number of rotatable bonds is 5. The predicted molar refractivity (Wildman–Crippen MR) is 120 cm³/mol. The third-order valence-corrected chi connectivity index (χ3v) is 5.31. The highest BCUT2D eigenvalue weighted by atomic mass is 35.5. The molecule has 1 aliphatic heterocycles. The number of fused-ring (bicyclic) bond motifs is 1. The summed E-state index contributed by atoms with van der Waals surface area (Å²) in [6.45, 7) is 1.20. The molecule has 2 aromatic carbocycles. The van der Waals surface area contributed by atoms with Gasteiger partial charge in [-0.25, -0.2) is 4.68 Å². The highest BCUT2D eigenvalue weighted by Crippen LogP contribution is 2.38. The van der Waals surface area contributed by atoms with E-state index in [1.165, 1.54) is 0 Å². The minimum atomic E-state index is -0.253. The summed E-state index contributed by atoms with van der Waals surface area (Å²) in [7, 11) is 0. The predicted octanol–water partition coefficient (Wildman–Crippen LogP) is 4.29. The van der Waals surface area contributed by atoms with Crippen LogP contribution in [0.5, 0.6) is 11.5 Å². The number of nitrogens with zero attached hydrogens (tertiary/aromatic N) is 3. The molecule has 1 amide bonds. The van der Waals surface area contributed by atoms with Gasteiger partial charge < -0.3 is 14.8 Å². The van der Waals surface area contributed by atoms with Gasteiger partial charge in [-0.1, -0.05) is 29.8 Å². The Hall–Kier alpha value is -3.84. The monoisotopic (exact) mass is 446 g/mol. The summed E-state index contributed by atoms with van der Waals surface area (Å²) in [6, 6.07) is 16.9. The van der Waals surface area contributed by atoms with Crippen molar-refractivity contribution in [2.45, 2.75) is 6.54 Å². The molecule has 3 heterocycles. The van der Waals surface area contributed by atoms with Gasteiger partial charge in [0.05, 0.1) is 16.3 Å². The number of amides is 1. The maximum absolute atomic E-state index is 13.2. The minimum absolute atomic E-state index is 0.253. The molecule has 32 heavy (non-hydrogen) atoms. The number of carbonyl (C=O) groups excluding carboxylic acids is 1. The second kappa shape index (κ2) is 8.72. The van der Waals surface area contributed by atoms with Gasteiger partial charge in [0.1, 0.15) is 18.9 Å². The number of pyridine rings is 1. The minimum Gasteiger partial charge on any atom is -0.486 e. The zero-order valence-electron chi connectivity index (χ0n) is 17.0. The van der Waals surface area contributed by atoms with E-state index in [-0.39, 0.29) is 12.5 Å². The number of hydrogen-bond donors (Lipinski definition) is 1. The van der Waals surface area contributed by atoms with Crippen molar-refractivity contribution in [1.29, 1.82) is 0 Å². The summed E-state index contributed by atoms with van der Waals surface area (Å²) in [4.78, 5) is 17.3. The largest absolute Gasteiger partial charge is 0.486 e. The number of para-hydroxylation sites is 1. The number of aromatic nitrogens is 3. The lowest BCUT2D eigenvalue weighted by Gasteiger charge is -2.20. The van der Waals surface area contributed by atoms with Crippen LogP contribution in [-0.2, 0) is 6.54 Å². The van der Waals surface area contributed by atoms with E-state index >= 15 is 0 Å². The average molecular weight is 447 g/mol. The van der Waals surface area contributed by atoms with Gasteiger partial charge in [-0.05, 0) is 42.0 Å². The van der Waals surface area contributed by atoms with E-state index in [4.69, 9.17) is 21.1 Å². The quantitative estimate of drug-likeness (QED) is 0.495. The molecule has 0 radical (unpaired) electrons. The first kappa shape index (κ1) is 20.1. The number of ether oxygens (including phenoxy) is 2. The number of carbonyl (C=O) groups is 1. The molecule has 0 saturated carbocycles. The third-order valence-electron chi connectivity index (χ3n) is 5.02.